The van der Waals surface area contributed by atoms with Gasteiger partial charge in [0.15, 0.2) is 0 Å². The van der Waals surface area contributed by atoms with Crippen molar-refractivity contribution >= 4 is 22.8 Å². The maximum atomic E-state index is 13.7. The molecular weight excluding hydrogens is 373 g/mol. The first kappa shape index (κ1) is 19.3. The number of aromatic nitrogens is 3. The molecule has 1 aliphatic rings. The zero-order valence-electron chi connectivity index (χ0n) is 16.6. The lowest BCUT2D eigenvalue weighted by Gasteiger charge is -2.32. The average Bonchev–Trinajstić information content (AvgIpc) is 3.18. The van der Waals surface area contributed by atoms with Gasteiger partial charge < -0.3 is 14.7 Å². The smallest absolute Gasteiger partial charge is 0.263 e. The Labute approximate surface area is 168 Å². The number of fused-ring (bicyclic) bond motifs is 1. The van der Waals surface area contributed by atoms with Crippen LogP contribution in [-0.4, -0.2) is 40.2 Å². The molecule has 4 rings (SSSR count). The molecule has 3 heterocycles. The van der Waals surface area contributed by atoms with E-state index in [9.17, 15) is 9.18 Å². The molecule has 1 amide bonds. The van der Waals surface area contributed by atoms with Crippen LogP contribution in [0.5, 0.6) is 0 Å². The van der Waals surface area contributed by atoms with Crippen LogP contribution in [0.25, 0.3) is 22.4 Å². The second-order valence-electron chi connectivity index (χ2n) is 7.50. The molecule has 0 spiro atoms. The first-order valence-corrected chi connectivity index (χ1v) is 9.98. The van der Waals surface area contributed by atoms with Crippen LogP contribution in [0.1, 0.15) is 33.1 Å². The van der Waals surface area contributed by atoms with Crippen molar-refractivity contribution in [1.29, 1.82) is 0 Å². The fraction of sp³-hybridized carbons (Fsp3) is 0.429. The van der Waals surface area contributed by atoms with Gasteiger partial charge in [-0.1, -0.05) is 24.2 Å². The Morgan fingerprint density at radius 1 is 1.34 bits per heavy atom. The average molecular weight is 397 g/mol. The van der Waals surface area contributed by atoms with Crippen molar-refractivity contribution < 1.29 is 13.7 Å². The van der Waals surface area contributed by atoms with Gasteiger partial charge in [-0.25, -0.2) is 9.37 Å². The van der Waals surface area contributed by atoms with Gasteiger partial charge in [0, 0.05) is 30.6 Å². The zero-order chi connectivity index (χ0) is 20.4. The number of anilines is 1. The van der Waals surface area contributed by atoms with E-state index in [-0.39, 0.29) is 23.7 Å². The van der Waals surface area contributed by atoms with Crippen LogP contribution >= 0.6 is 0 Å². The van der Waals surface area contributed by atoms with Crippen molar-refractivity contribution in [3.05, 3.63) is 36.4 Å². The lowest BCUT2D eigenvalue weighted by atomic mass is 9.95. The van der Waals surface area contributed by atoms with E-state index in [1.807, 2.05) is 6.92 Å². The molecule has 0 saturated carbocycles. The molecule has 2 aromatic heterocycles. The highest BCUT2D eigenvalue weighted by Crippen LogP contribution is 2.34. The number of piperidine rings is 1. The van der Waals surface area contributed by atoms with E-state index < -0.39 is 0 Å². The SMILES string of the molecule is CC[C@@H](C)NC(=O)C1CCN(c2ncnc3onc(-c4cccc(F)c4)c23)CC1. The molecule has 0 aliphatic carbocycles. The summed E-state index contributed by atoms with van der Waals surface area (Å²) in [7, 11) is 0. The molecule has 29 heavy (non-hydrogen) atoms. The van der Waals surface area contributed by atoms with Gasteiger partial charge in [0.05, 0.1) is 0 Å². The molecule has 1 fully saturated rings. The van der Waals surface area contributed by atoms with Crippen molar-refractivity contribution in [1.82, 2.24) is 20.4 Å². The summed E-state index contributed by atoms with van der Waals surface area (Å²) in [6, 6.07) is 6.41. The summed E-state index contributed by atoms with van der Waals surface area (Å²) in [5.74, 6) is 0.487. The summed E-state index contributed by atoms with van der Waals surface area (Å²) in [5.41, 5.74) is 1.50. The number of benzene rings is 1. The third-order valence-corrected chi connectivity index (χ3v) is 5.52. The molecule has 1 aromatic carbocycles. The van der Waals surface area contributed by atoms with E-state index in [4.69, 9.17) is 4.52 Å². The number of hydrogen-bond acceptors (Lipinski definition) is 6. The van der Waals surface area contributed by atoms with Crippen molar-refractivity contribution in [2.24, 2.45) is 5.92 Å². The minimum absolute atomic E-state index is 0.00254. The quantitative estimate of drug-likeness (QED) is 0.709. The third-order valence-electron chi connectivity index (χ3n) is 5.52. The molecule has 0 radical (unpaired) electrons. The van der Waals surface area contributed by atoms with Crippen molar-refractivity contribution in [3.8, 4) is 11.3 Å². The molecular formula is C21H24FN5O2. The van der Waals surface area contributed by atoms with Gasteiger partial charge in [-0.2, -0.15) is 4.98 Å². The fourth-order valence-electron chi connectivity index (χ4n) is 3.66. The van der Waals surface area contributed by atoms with E-state index in [1.54, 1.807) is 12.1 Å². The molecule has 1 aliphatic heterocycles. The summed E-state index contributed by atoms with van der Waals surface area (Å²) >= 11 is 0. The molecule has 7 nitrogen and oxygen atoms in total. The second-order valence-corrected chi connectivity index (χ2v) is 7.50. The van der Waals surface area contributed by atoms with Gasteiger partial charge in [-0.3, -0.25) is 4.79 Å². The molecule has 152 valence electrons. The predicted octanol–water partition coefficient (Wildman–Crippen LogP) is 3.56. The van der Waals surface area contributed by atoms with Crippen LogP contribution in [0.15, 0.2) is 35.1 Å². The number of rotatable bonds is 5. The van der Waals surface area contributed by atoms with E-state index in [0.717, 1.165) is 19.3 Å². The second kappa shape index (κ2) is 8.14. The van der Waals surface area contributed by atoms with Gasteiger partial charge in [0.1, 0.15) is 29.0 Å². The molecule has 3 aromatic rings. The monoisotopic (exact) mass is 397 g/mol. The molecule has 1 saturated heterocycles. The maximum Gasteiger partial charge on any atom is 0.263 e. The van der Waals surface area contributed by atoms with Gasteiger partial charge in [0.25, 0.3) is 5.71 Å². The van der Waals surface area contributed by atoms with E-state index in [1.165, 1.54) is 18.5 Å². The molecule has 1 N–H and O–H groups in total. The van der Waals surface area contributed by atoms with Crippen LogP contribution in [0, 0.1) is 11.7 Å². The number of amides is 1. The van der Waals surface area contributed by atoms with Crippen molar-refractivity contribution in [2.45, 2.75) is 39.2 Å². The lowest BCUT2D eigenvalue weighted by molar-refractivity contribution is -0.126. The predicted molar refractivity (Wildman–Crippen MR) is 108 cm³/mol. The first-order chi connectivity index (χ1) is 14.1. The van der Waals surface area contributed by atoms with E-state index in [0.29, 0.717) is 41.3 Å². The highest BCUT2D eigenvalue weighted by Gasteiger charge is 2.28. The number of hydrogen-bond donors (Lipinski definition) is 1. The Morgan fingerprint density at radius 2 is 2.14 bits per heavy atom. The normalized spacial score (nSPS) is 16.2. The standard InChI is InChI=1S/C21H24FN5O2/c1-3-13(2)25-20(28)14-7-9-27(10-8-14)19-17-18(15-5-4-6-16(22)11-15)26-29-21(17)24-12-23-19/h4-6,11-14H,3,7-10H2,1-2H3,(H,25,28)/t13-/m1/s1. The number of carbonyl (C=O) groups excluding carboxylic acids is 1. The Kier molecular flexibility index (Phi) is 5.42. The topological polar surface area (TPSA) is 84.2 Å². The Balaban J connectivity index is 1.58. The number of nitrogens with one attached hydrogen (secondary N) is 1. The Bertz CT molecular complexity index is 1010. The van der Waals surface area contributed by atoms with E-state index >= 15 is 0 Å². The molecule has 8 heteroatoms. The lowest BCUT2D eigenvalue weighted by Crippen LogP contribution is -2.43. The highest BCUT2D eigenvalue weighted by molar-refractivity contribution is 5.98. The number of carbonyl (C=O) groups is 1. The van der Waals surface area contributed by atoms with Crippen molar-refractivity contribution in [3.63, 3.8) is 0 Å². The molecule has 0 unspecified atom stereocenters. The van der Waals surface area contributed by atoms with Gasteiger partial charge >= 0.3 is 0 Å². The van der Waals surface area contributed by atoms with Gasteiger partial charge in [-0.05, 0) is 38.3 Å². The first-order valence-electron chi connectivity index (χ1n) is 9.98. The van der Waals surface area contributed by atoms with Crippen LogP contribution in [-0.2, 0) is 4.79 Å². The fourth-order valence-corrected chi connectivity index (χ4v) is 3.66. The Hall–Kier alpha value is -3.03. The minimum Gasteiger partial charge on any atom is -0.356 e. The minimum atomic E-state index is -0.342. The zero-order valence-corrected chi connectivity index (χ0v) is 16.6. The summed E-state index contributed by atoms with van der Waals surface area (Å²) in [6.45, 7) is 5.46. The van der Waals surface area contributed by atoms with Gasteiger partial charge in [0.2, 0.25) is 5.91 Å². The summed E-state index contributed by atoms with van der Waals surface area (Å²) < 4.78 is 19.1. The summed E-state index contributed by atoms with van der Waals surface area (Å²) in [5, 5.41) is 7.85. The summed E-state index contributed by atoms with van der Waals surface area (Å²) in [4.78, 5) is 23.2. The summed E-state index contributed by atoms with van der Waals surface area (Å²) in [6.07, 6.45) is 3.85. The number of halogens is 1. The maximum absolute atomic E-state index is 13.7. The Morgan fingerprint density at radius 3 is 2.86 bits per heavy atom. The van der Waals surface area contributed by atoms with E-state index in [2.05, 4.69) is 32.3 Å². The van der Waals surface area contributed by atoms with Crippen LogP contribution in [0.4, 0.5) is 10.2 Å². The van der Waals surface area contributed by atoms with Crippen LogP contribution in [0.2, 0.25) is 0 Å². The number of nitrogens with zero attached hydrogens (tertiary/aromatic N) is 4. The van der Waals surface area contributed by atoms with Crippen molar-refractivity contribution in [2.75, 3.05) is 18.0 Å². The molecule has 1 atom stereocenters. The van der Waals surface area contributed by atoms with Gasteiger partial charge in [-0.15, -0.1) is 0 Å². The third kappa shape index (κ3) is 3.92. The molecule has 0 bridgehead atoms. The van der Waals surface area contributed by atoms with Crippen LogP contribution < -0.4 is 10.2 Å². The largest absolute Gasteiger partial charge is 0.356 e. The highest BCUT2D eigenvalue weighted by atomic mass is 19.1. The van der Waals surface area contributed by atoms with Crippen LogP contribution in [0.3, 0.4) is 0 Å².